The summed E-state index contributed by atoms with van der Waals surface area (Å²) in [5.74, 6) is -2.42. The van der Waals surface area contributed by atoms with Crippen molar-refractivity contribution in [3.8, 4) is 0 Å². The van der Waals surface area contributed by atoms with E-state index in [4.69, 9.17) is 9.57 Å². The third-order valence-corrected chi connectivity index (χ3v) is 9.06. The third kappa shape index (κ3) is 10.6. The first-order chi connectivity index (χ1) is 20.0. The quantitative estimate of drug-likeness (QED) is 0.0991. The molecule has 1 saturated heterocycles. The molecule has 42 heavy (non-hydrogen) atoms. The van der Waals surface area contributed by atoms with E-state index in [0.29, 0.717) is 18.0 Å². The summed E-state index contributed by atoms with van der Waals surface area (Å²) in [6.45, 7) is 13.2. The first-order valence-electron chi connectivity index (χ1n) is 15.8. The van der Waals surface area contributed by atoms with Crippen LogP contribution in [0.25, 0.3) is 0 Å². The number of nitrogens with zero attached hydrogens (tertiary/aromatic N) is 3. The zero-order valence-corrected chi connectivity index (χ0v) is 27.6. The van der Waals surface area contributed by atoms with Crippen molar-refractivity contribution in [1.29, 1.82) is 0 Å². The maximum atomic E-state index is 14.3. The summed E-state index contributed by atoms with van der Waals surface area (Å²) >= 11 is 1.18. The number of esters is 1. The molecule has 0 aliphatic carbocycles. The summed E-state index contributed by atoms with van der Waals surface area (Å²) in [4.78, 5) is 52.8. The number of thiazole rings is 1. The van der Waals surface area contributed by atoms with E-state index < -0.39 is 24.0 Å². The van der Waals surface area contributed by atoms with E-state index in [1.807, 2.05) is 34.7 Å². The normalized spacial score (nSPS) is 18.7. The lowest BCUT2D eigenvalue weighted by Crippen LogP contribution is -2.55. The lowest BCUT2D eigenvalue weighted by molar-refractivity contribution is -0.214. The molecule has 10 nitrogen and oxygen atoms in total. The predicted octanol–water partition coefficient (Wildman–Crippen LogP) is 5.33. The highest BCUT2D eigenvalue weighted by molar-refractivity contribution is 7.09. The van der Waals surface area contributed by atoms with E-state index in [9.17, 15) is 19.5 Å². The number of hydrogen-bond acceptors (Lipinski definition) is 9. The average Bonchev–Trinajstić information content (AvgIpc) is 3.46. The van der Waals surface area contributed by atoms with Crippen LogP contribution in [0.1, 0.15) is 121 Å². The molecule has 0 aromatic carbocycles. The number of aliphatic hydroxyl groups excluding tert-OH is 1. The molecule has 2 N–H and O–H groups in total. The van der Waals surface area contributed by atoms with Crippen molar-refractivity contribution < 1.29 is 29.1 Å². The number of piperidine rings is 1. The van der Waals surface area contributed by atoms with Gasteiger partial charge in [-0.25, -0.2) is 14.8 Å². The standard InChI is InChI=1S/C31H54N4O6S/c1-8-11-12-15-18-41-35(24(21(4)5)19-25(36)29-32-23(20-42-29)31(39)40-10-3)30(38)27(22(6)9-2)28(37)33-26-16-13-14-17-34(26)7/h20-22,24-27,36H,8-19H2,1-7H3,(H,33,37)/t22-,24+,25+,26+,27-/m0/s1. The number of ether oxygens (including phenoxy) is 1. The Kier molecular flexibility index (Phi) is 16.0. The molecule has 1 aromatic heterocycles. The van der Waals surface area contributed by atoms with Gasteiger partial charge in [-0.15, -0.1) is 11.3 Å². The predicted molar refractivity (Wildman–Crippen MR) is 165 cm³/mol. The molecule has 0 saturated carbocycles. The Bertz CT molecular complexity index is 973. The van der Waals surface area contributed by atoms with Crippen molar-refractivity contribution in [2.24, 2.45) is 17.8 Å². The second-order valence-electron chi connectivity index (χ2n) is 11.8. The fraction of sp³-hybridized carbons (Fsp3) is 0.806. The Morgan fingerprint density at radius 2 is 1.90 bits per heavy atom. The fourth-order valence-electron chi connectivity index (χ4n) is 5.22. The van der Waals surface area contributed by atoms with Crippen LogP contribution in [-0.4, -0.2) is 76.9 Å². The number of carbonyl (C=O) groups excluding carboxylic acids is 3. The van der Waals surface area contributed by atoms with E-state index in [-0.39, 0.29) is 48.5 Å². The van der Waals surface area contributed by atoms with Crippen LogP contribution in [0.15, 0.2) is 5.38 Å². The number of aromatic nitrogens is 1. The molecule has 240 valence electrons. The number of unbranched alkanes of at least 4 members (excludes halogenated alkanes) is 3. The number of aliphatic hydroxyl groups is 1. The van der Waals surface area contributed by atoms with E-state index >= 15 is 0 Å². The molecule has 0 bridgehead atoms. The summed E-state index contributed by atoms with van der Waals surface area (Å²) in [7, 11) is 2.00. The third-order valence-electron chi connectivity index (χ3n) is 8.11. The van der Waals surface area contributed by atoms with Crippen LogP contribution < -0.4 is 5.32 Å². The highest BCUT2D eigenvalue weighted by Crippen LogP contribution is 2.30. The number of amides is 2. The molecule has 1 aliphatic heterocycles. The van der Waals surface area contributed by atoms with E-state index in [2.05, 4.69) is 22.1 Å². The van der Waals surface area contributed by atoms with Crippen molar-refractivity contribution in [1.82, 2.24) is 20.3 Å². The monoisotopic (exact) mass is 610 g/mol. The topological polar surface area (TPSA) is 121 Å². The summed E-state index contributed by atoms with van der Waals surface area (Å²) in [6.07, 6.45) is 6.56. The molecule has 0 spiro atoms. The SMILES string of the molecule is CCCCCCON(C(=O)[C@H](C(=O)N[C@H]1CCCCN1C)[C@@H](C)CC)[C@H](C[C@@H](O)c1nc(C(=O)OCC)cs1)C(C)C. The second kappa shape index (κ2) is 18.6. The van der Waals surface area contributed by atoms with Gasteiger partial charge in [0.2, 0.25) is 5.91 Å². The number of hydroxylamine groups is 2. The minimum atomic E-state index is -1.03. The van der Waals surface area contributed by atoms with Crippen molar-refractivity contribution >= 4 is 29.1 Å². The minimum Gasteiger partial charge on any atom is -0.461 e. The molecular formula is C31H54N4O6S. The van der Waals surface area contributed by atoms with E-state index in [1.54, 1.807) is 12.3 Å². The molecule has 2 rings (SSSR count). The Morgan fingerprint density at radius 3 is 2.52 bits per heavy atom. The summed E-state index contributed by atoms with van der Waals surface area (Å²) in [5, 5.41) is 17.7. The summed E-state index contributed by atoms with van der Waals surface area (Å²) < 4.78 is 5.03. The molecule has 5 atom stereocenters. The van der Waals surface area contributed by atoms with Gasteiger partial charge in [0.1, 0.15) is 17.0 Å². The van der Waals surface area contributed by atoms with Crippen molar-refractivity contribution in [3.63, 3.8) is 0 Å². The molecule has 2 heterocycles. The Morgan fingerprint density at radius 1 is 1.17 bits per heavy atom. The summed E-state index contributed by atoms with van der Waals surface area (Å²) in [5.41, 5.74) is 0.151. The van der Waals surface area contributed by atoms with Gasteiger partial charge in [-0.3, -0.25) is 19.3 Å². The maximum Gasteiger partial charge on any atom is 0.357 e. The largest absolute Gasteiger partial charge is 0.461 e. The molecule has 0 unspecified atom stereocenters. The van der Waals surface area contributed by atoms with E-state index in [0.717, 1.165) is 51.5 Å². The van der Waals surface area contributed by atoms with Gasteiger partial charge in [-0.05, 0) is 58.0 Å². The zero-order chi connectivity index (χ0) is 31.2. The Labute approximate surface area is 256 Å². The zero-order valence-electron chi connectivity index (χ0n) is 26.8. The molecule has 11 heteroatoms. The smallest absolute Gasteiger partial charge is 0.357 e. The second-order valence-corrected chi connectivity index (χ2v) is 12.7. The van der Waals surface area contributed by atoms with E-state index in [1.165, 1.54) is 16.4 Å². The first-order valence-corrected chi connectivity index (χ1v) is 16.7. The molecule has 2 amide bonds. The van der Waals surface area contributed by atoms with Crippen LogP contribution in [0.2, 0.25) is 0 Å². The minimum absolute atomic E-state index is 0.0890. The Hall–Kier alpha value is -2.08. The first kappa shape index (κ1) is 36.1. The van der Waals surface area contributed by atoms with Gasteiger partial charge in [-0.2, -0.15) is 0 Å². The lowest BCUT2D eigenvalue weighted by Gasteiger charge is -2.38. The van der Waals surface area contributed by atoms with Crippen molar-refractivity contribution in [2.75, 3.05) is 26.8 Å². The van der Waals surface area contributed by atoms with Gasteiger partial charge in [0.25, 0.3) is 5.91 Å². The molecule has 1 fully saturated rings. The number of hydrogen-bond donors (Lipinski definition) is 2. The average molecular weight is 611 g/mol. The van der Waals surface area contributed by atoms with Gasteiger partial charge in [0.05, 0.1) is 25.4 Å². The van der Waals surface area contributed by atoms with Gasteiger partial charge >= 0.3 is 5.97 Å². The van der Waals surface area contributed by atoms with Crippen LogP contribution >= 0.6 is 11.3 Å². The van der Waals surface area contributed by atoms with Crippen LogP contribution in [-0.2, 0) is 19.2 Å². The molecule has 1 aromatic rings. The summed E-state index contributed by atoms with van der Waals surface area (Å²) in [6, 6.07) is -0.523. The molecule has 0 radical (unpaired) electrons. The molecular weight excluding hydrogens is 556 g/mol. The number of nitrogens with one attached hydrogen (secondary N) is 1. The Balaban J connectivity index is 2.33. The number of rotatable bonds is 18. The molecule has 1 aliphatic rings. The highest BCUT2D eigenvalue weighted by Gasteiger charge is 2.41. The van der Waals surface area contributed by atoms with Gasteiger partial charge in [-0.1, -0.05) is 60.3 Å². The van der Waals surface area contributed by atoms with Crippen molar-refractivity contribution in [2.45, 2.75) is 118 Å². The lowest BCUT2D eigenvalue weighted by atomic mass is 9.88. The highest BCUT2D eigenvalue weighted by atomic mass is 32.1. The van der Waals surface area contributed by atoms with Crippen LogP contribution in [0, 0.1) is 17.8 Å². The van der Waals surface area contributed by atoms with Crippen molar-refractivity contribution in [3.05, 3.63) is 16.1 Å². The van der Waals surface area contributed by atoms with Gasteiger partial charge in [0, 0.05) is 11.8 Å². The number of likely N-dealkylation sites (tertiary alicyclic amines) is 1. The van der Waals surface area contributed by atoms with Gasteiger partial charge < -0.3 is 15.2 Å². The van der Waals surface area contributed by atoms with Gasteiger partial charge in [0.15, 0.2) is 5.69 Å². The van der Waals surface area contributed by atoms with Crippen LogP contribution in [0.5, 0.6) is 0 Å². The number of carbonyl (C=O) groups is 3. The fourth-order valence-corrected chi connectivity index (χ4v) is 6.01. The van der Waals surface area contributed by atoms with Crippen LogP contribution in [0.4, 0.5) is 0 Å². The maximum absolute atomic E-state index is 14.3. The van der Waals surface area contributed by atoms with Crippen LogP contribution in [0.3, 0.4) is 0 Å².